The summed E-state index contributed by atoms with van der Waals surface area (Å²) >= 11 is 0. The lowest BCUT2D eigenvalue weighted by Crippen LogP contribution is -2.03. The average Bonchev–Trinajstić information content (AvgIpc) is 2.70. The van der Waals surface area contributed by atoms with Crippen LogP contribution in [-0.4, -0.2) is 24.9 Å². The highest BCUT2D eigenvalue weighted by Gasteiger charge is 2.06. The molecule has 4 rings (SSSR count). The number of rotatable bonds is 5. The van der Waals surface area contributed by atoms with Crippen molar-refractivity contribution < 1.29 is 0 Å². The number of pyridine rings is 1. The van der Waals surface area contributed by atoms with Gasteiger partial charge in [-0.15, -0.1) is 0 Å². The number of aryl methyl sites for hydroxylation is 1. The number of nitrogens with zero attached hydrogens (tertiary/aromatic N) is 5. The van der Waals surface area contributed by atoms with Crippen LogP contribution < -0.4 is 11.1 Å². The van der Waals surface area contributed by atoms with Gasteiger partial charge in [-0.1, -0.05) is 18.2 Å². The highest BCUT2D eigenvalue weighted by Crippen LogP contribution is 2.17. The van der Waals surface area contributed by atoms with E-state index in [-0.39, 0.29) is 0 Å². The molecule has 0 atom stereocenters. The van der Waals surface area contributed by atoms with Gasteiger partial charge in [0.15, 0.2) is 5.82 Å². The largest absolute Gasteiger partial charge is 0.399 e. The van der Waals surface area contributed by atoms with Gasteiger partial charge in [0.05, 0.1) is 0 Å². The monoisotopic (exact) mass is 369 g/mol. The molecule has 0 aliphatic heterocycles. The fourth-order valence-electron chi connectivity index (χ4n) is 2.72. The Labute approximate surface area is 162 Å². The number of nitrogens with one attached hydrogen (secondary N) is 1. The summed E-state index contributed by atoms with van der Waals surface area (Å²) in [5, 5.41) is 3.21. The van der Waals surface area contributed by atoms with Crippen molar-refractivity contribution in [2.75, 3.05) is 11.1 Å². The third-order valence-electron chi connectivity index (χ3n) is 4.08. The number of anilines is 3. The zero-order valence-corrected chi connectivity index (χ0v) is 15.4. The average molecular weight is 369 g/mol. The predicted octanol–water partition coefficient (Wildman–Crippen LogP) is 3.55. The van der Waals surface area contributed by atoms with Crippen molar-refractivity contribution in [3.63, 3.8) is 0 Å². The second kappa shape index (κ2) is 7.79. The Hall–Kier alpha value is -3.87. The summed E-state index contributed by atoms with van der Waals surface area (Å²) in [5.41, 5.74) is 9.22. The van der Waals surface area contributed by atoms with Crippen molar-refractivity contribution in [3.05, 3.63) is 84.1 Å². The topological polar surface area (TPSA) is 102 Å². The minimum Gasteiger partial charge on any atom is -0.399 e. The lowest BCUT2D eigenvalue weighted by Gasteiger charge is -2.08. The van der Waals surface area contributed by atoms with E-state index < -0.39 is 0 Å². The van der Waals surface area contributed by atoms with Crippen molar-refractivity contribution in [1.29, 1.82) is 0 Å². The van der Waals surface area contributed by atoms with E-state index in [0.717, 1.165) is 22.6 Å². The molecule has 0 bridgehead atoms. The molecule has 3 heterocycles. The van der Waals surface area contributed by atoms with Gasteiger partial charge in [-0.25, -0.2) is 24.9 Å². The van der Waals surface area contributed by atoms with Crippen molar-refractivity contribution in [1.82, 2.24) is 24.9 Å². The molecule has 0 fully saturated rings. The van der Waals surface area contributed by atoms with Crippen LogP contribution in [0.25, 0.3) is 11.5 Å². The Bertz CT molecular complexity index is 1090. The van der Waals surface area contributed by atoms with Gasteiger partial charge in [0, 0.05) is 30.2 Å². The number of hydrogen-bond acceptors (Lipinski definition) is 7. The lowest BCUT2D eigenvalue weighted by molar-refractivity contribution is 0.970. The van der Waals surface area contributed by atoms with Crippen LogP contribution >= 0.6 is 0 Å². The van der Waals surface area contributed by atoms with Gasteiger partial charge >= 0.3 is 0 Å². The first-order chi connectivity index (χ1) is 13.7. The number of aromatic nitrogens is 5. The molecule has 7 nitrogen and oxygen atoms in total. The molecule has 0 saturated heterocycles. The van der Waals surface area contributed by atoms with Gasteiger partial charge in [-0.05, 0) is 48.9 Å². The Kier molecular flexibility index (Phi) is 4.88. The van der Waals surface area contributed by atoms with Gasteiger partial charge in [-0.3, -0.25) is 0 Å². The quantitative estimate of drug-likeness (QED) is 0.519. The molecule has 0 unspecified atom stereocenters. The minimum absolute atomic E-state index is 0.560. The fourth-order valence-corrected chi connectivity index (χ4v) is 2.72. The Morgan fingerprint density at radius 1 is 0.821 bits per heavy atom. The van der Waals surface area contributed by atoms with Crippen LogP contribution in [0.3, 0.4) is 0 Å². The van der Waals surface area contributed by atoms with E-state index in [9.17, 15) is 0 Å². The second-order valence-electron chi connectivity index (χ2n) is 6.33. The molecule has 4 aromatic rings. The molecule has 0 aliphatic carbocycles. The highest BCUT2D eigenvalue weighted by atomic mass is 15.1. The first-order valence-electron chi connectivity index (χ1n) is 8.86. The zero-order chi connectivity index (χ0) is 19.3. The summed E-state index contributed by atoms with van der Waals surface area (Å²) in [6.07, 6.45) is 4.05. The summed E-state index contributed by atoms with van der Waals surface area (Å²) in [6.45, 7) is 1.94. The maximum Gasteiger partial charge on any atom is 0.180 e. The van der Waals surface area contributed by atoms with Gasteiger partial charge in [0.2, 0.25) is 0 Å². The van der Waals surface area contributed by atoms with Crippen LogP contribution in [0.5, 0.6) is 0 Å². The summed E-state index contributed by atoms with van der Waals surface area (Å²) in [5.74, 6) is 2.59. The standard InChI is InChI=1S/C21H19N7/c1-14-3-2-4-17(25-14)21-24-12-10-19(28-21)26-18-9-11-23-20(27-18)13-15-5-7-16(22)8-6-15/h2-12H,13,22H2,1H3,(H,23,24,26,27,28). The normalized spacial score (nSPS) is 10.6. The molecule has 3 N–H and O–H groups in total. The first kappa shape index (κ1) is 17.5. The second-order valence-corrected chi connectivity index (χ2v) is 6.33. The van der Waals surface area contributed by atoms with Gasteiger partial charge in [0.1, 0.15) is 23.2 Å². The maximum absolute atomic E-state index is 5.73. The van der Waals surface area contributed by atoms with Gasteiger partial charge in [0.25, 0.3) is 0 Å². The number of hydrogen-bond donors (Lipinski definition) is 2. The van der Waals surface area contributed by atoms with E-state index in [4.69, 9.17) is 5.73 Å². The summed E-state index contributed by atoms with van der Waals surface area (Å²) in [6, 6.07) is 17.1. The van der Waals surface area contributed by atoms with E-state index in [0.29, 0.717) is 29.7 Å². The van der Waals surface area contributed by atoms with Crippen LogP contribution in [0.1, 0.15) is 17.1 Å². The smallest absolute Gasteiger partial charge is 0.180 e. The van der Waals surface area contributed by atoms with Crippen molar-refractivity contribution in [2.24, 2.45) is 0 Å². The van der Waals surface area contributed by atoms with E-state index in [1.165, 1.54) is 0 Å². The summed E-state index contributed by atoms with van der Waals surface area (Å²) in [7, 11) is 0. The summed E-state index contributed by atoms with van der Waals surface area (Å²) < 4.78 is 0. The van der Waals surface area contributed by atoms with E-state index in [1.54, 1.807) is 24.5 Å². The molecule has 1 aromatic carbocycles. The molecule has 0 saturated carbocycles. The Morgan fingerprint density at radius 2 is 1.57 bits per heavy atom. The molecule has 0 amide bonds. The number of nitrogens with two attached hydrogens (primary N) is 1. The van der Waals surface area contributed by atoms with Crippen LogP contribution in [-0.2, 0) is 6.42 Å². The van der Waals surface area contributed by atoms with Crippen LogP contribution in [0.15, 0.2) is 67.0 Å². The van der Waals surface area contributed by atoms with Gasteiger partial charge in [-0.2, -0.15) is 0 Å². The highest BCUT2D eigenvalue weighted by molar-refractivity contribution is 5.56. The van der Waals surface area contributed by atoms with Crippen molar-refractivity contribution in [3.8, 4) is 11.5 Å². The maximum atomic E-state index is 5.73. The molecule has 0 aliphatic rings. The third kappa shape index (κ3) is 4.27. The van der Waals surface area contributed by atoms with Crippen LogP contribution in [0, 0.1) is 6.92 Å². The van der Waals surface area contributed by atoms with E-state index >= 15 is 0 Å². The molecule has 3 aromatic heterocycles. The molecular weight excluding hydrogens is 350 g/mol. The number of nitrogen functional groups attached to an aromatic ring is 1. The zero-order valence-electron chi connectivity index (χ0n) is 15.4. The Morgan fingerprint density at radius 3 is 2.36 bits per heavy atom. The fraction of sp³-hybridized carbons (Fsp3) is 0.0952. The molecular formula is C21H19N7. The molecule has 0 spiro atoms. The first-order valence-corrected chi connectivity index (χ1v) is 8.86. The van der Waals surface area contributed by atoms with Gasteiger partial charge < -0.3 is 11.1 Å². The SMILES string of the molecule is Cc1cccc(-c2nccc(Nc3ccnc(Cc4ccc(N)cc4)n3)n2)n1. The Balaban J connectivity index is 1.53. The summed E-state index contributed by atoms with van der Waals surface area (Å²) in [4.78, 5) is 22.3. The molecule has 28 heavy (non-hydrogen) atoms. The van der Waals surface area contributed by atoms with E-state index in [2.05, 4.69) is 30.2 Å². The van der Waals surface area contributed by atoms with Crippen LogP contribution in [0.4, 0.5) is 17.3 Å². The molecule has 7 heteroatoms. The number of benzene rings is 1. The molecule has 138 valence electrons. The molecule has 0 radical (unpaired) electrons. The van der Waals surface area contributed by atoms with E-state index in [1.807, 2.05) is 49.4 Å². The van der Waals surface area contributed by atoms with Crippen molar-refractivity contribution >= 4 is 17.3 Å². The van der Waals surface area contributed by atoms with Crippen LogP contribution in [0.2, 0.25) is 0 Å². The predicted molar refractivity (Wildman–Crippen MR) is 109 cm³/mol. The minimum atomic E-state index is 0.560. The van der Waals surface area contributed by atoms with Crippen molar-refractivity contribution in [2.45, 2.75) is 13.3 Å². The lowest BCUT2D eigenvalue weighted by atomic mass is 10.1. The third-order valence-corrected chi connectivity index (χ3v) is 4.08.